The number of hydrogen-bond acceptors (Lipinski definition) is 2. The molecule has 1 heterocycles. The molecule has 0 bridgehead atoms. The third-order valence-electron chi connectivity index (χ3n) is 2.63. The van der Waals surface area contributed by atoms with Crippen molar-refractivity contribution < 1.29 is 0 Å². The van der Waals surface area contributed by atoms with Crippen molar-refractivity contribution in [3.63, 3.8) is 0 Å². The Morgan fingerprint density at radius 2 is 2.00 bits per heavy atom. The molecule has 0 aliphatic carbocycles. The number of benzene rings is 1. The quantitative estimate of drug-likeness (QED) is 0.813. The van der Waals surface area contributed by atoms with Crippen LogP contribution in [-0.4, -0.2) is 0 Å². The Hall–Kier alpha value is -0.160. The largest absolute Gasteiger partial charge is 0.320 e. The van der Waals surface area contributed by atoms with Gasteiger partial charge in [0, 0.05) is 18.7 Å². The van der Waals surface area contributed by atoms with E-state index in [1.807, 2.05) is 12.1 Å². The van der Waals surface area contributed by atoms with Crippen LogP contribution in [0, 0.1) is 0 Å². The van der Waals surface area contributed by atoms with Crippen LogP contribution in [0.15, 0.2) is 39.3 Å². The summed E-state index contributed by atoms with van der Waals surface area (Å²) < 4.78 is 2.10. The fourth-order valence-electron chi connectivity index (χ4n) is 1.66. The maximum Gasteiger partial charge on any atom is 0.0657 e. The first kappa shape index (κ1) is 13.3. The Morgan fingerprint density at radius 3 is 2.59 bits per heavy atom. The van der Waals surface area contributed by atoms with Gasteiger partial charge in [0.15, 0.2) is 0 Å². The molecule has 1 atom stereocenters. The van der Waals surface area contributed by atoms with E-state index < -0.39 is 0 Å². The van der Waals surface area contributed by atoms with Gasteiger partial charge in [-0.1, -0.05) is 44.8 Å². The molecule has 2 rings (SSSR count). The summed E-state index contributed by atoms with van der Waals surface area (Å²) in [6.07, 6.45) is 1.07. The molecule has 0 aliphatic heterocycles. The zero-order valence-electron chi connectivity index (χ0n) is 9.41. The highest BCUT2D eigenvalue weighted by Crippen LogP contribution is 2.32. The first-order valence-electron chi connectivity index (χ1n) is 5.41. The van der Waals surface area contributed by atoms with Crippen LogP contribution in [0.2, 0.25) is 0 Å². The van der Waals surface area contributed by atoms with Crippen molar-refractivity contribution in [2.75, 3.05) is 0 Å². The van der Waals surface area contributed by atoms with Crippen molar-refractivity contribution >= 4 is 43.2 Å². The molecular weight excluding hydrogens is 362 g/mol. The molecule has 17 heavy (non-hydrogen) atoms. The highest BCUT2D eigenvalue weighted by atomic mass is 79.9. The van der Waals surface area contributed by atoms with Gasteiger partial charge in [-0.15, -0.1) is 11.3 Å². The molecule has 1 aromatic carbocycles. The van der Waals surface area contributed by atoms with Crippen molar-refractivity contribution in [2.24, 2.45) is 5.73 Å². The summed E-state index contributed by atoms with van der Waals surface area (Å²) in [5.74, 6) is 0. The number of hydrogen-bond donors (Lipinski definition) is 1. The molecule has 0 saturated heterocycles. The average Bonchev–Trinajstić information content (AvgIpc) is 2.76. The SMILES string of the molecule is CCc1ccc(C(N)c2ccc(Br)cc2Br)s1. The molecule has 0 radical (unpaired) electrons. The summed E-state index contributed by atoms with van der Waals surface area (Å²) in [6, 6.07) is 10.3. The molecule has 2 aromatic rings. The molecule has 0 amide bonds. The zero-order chi connectivity index (χ0) is 12.4. The Morgan fingerprint density at radius 1 is 1.24 bits per heavy atom. The highest BCUT2D eigenvalue weighted by molar-refractivity contribution is 9.11. The topological polar surface area (TPSA) is 26.0 Å². The third kappa shape index (κ3) is 2.99. The average molecular weight is 375 g/mol. The second-order valence-electron chi connectivity index (χ2n) is 3.80. The maximum absolute atomic E-state index is 6.30. The maximum atomic E-state index is 6.30. The van der Waals surface area contributed by atoms with Gasteiger partial charge in [0.25, 0.3) is 0 Å². The van der Waals surface area contributed by atoms with Gasteiger partial charge in [-0.2, -0.15) is 0 Å². The Balaban J connectivity index is 2.33. The minimum absolute atomic E-state index is 0.0530. The summed E-state index contributed by atoms with van der Waals surface area (Å²) >= 11 is 8.80. The van der Waals surface area contributed by atoms with E-state index in [9.17, 15) is 0 Å². The van der Waals surface area contributed by atoms with Gasteiger partial charge in [-0.25, -0.2) is 0 Å². The fourth-order valence-corrected chi connectivity index (χ4v) is 3.93. The molecule has 0 spiro atoms. The Kier molecular flexibility index (Phi) is 4.42. The van der Waals surface area contributed by atoms with Gasteiger partial charge in [0.1, 0.15) is 0 Å². The van der Waals surface area contributed by atoms with Crippen LogP contribution in [0.25, 0.3) is 0 Å². The van der Waals surface area contributed by atoms with Crippen molar-refractivity contribution in [1.29, 1.82) is 0 Å². The number of rotatable bonds is 3. The van der Waals surface area contributed by atoms with E-state index in [1.165, 1.54) is 9.75 Å². The molecule has 1 aromatic heterocycles. The fraction of sp³-hybridized carbons (Fsp3) is 0.231. The van der Waals surface area contributed by atoms with E-state index in [2.05, 4.69) is 57.0 Å². The first-order chi connectivity index (χ1) is 8.11. The van der Waals surface area contributed by atoms with Gasteiger partial charge >= 0.3 is 0 Å². The van der Waals surface area contributed by atoms with Crippen molar-refractivity contribution in [1.82, 2.24) is 0 Å². The molecular formula is C13H13Br2NS. The van der Waals surface area contributed by atoms with Gasteiger partial charge in [-0.05, 0) is 36.2 Å². The summed E-state index contributed by atoms with van der Waals surface area (Å²) in [4.78, 5) is 2.59. The standard InChI is InChI=1S/C13H13Br2NS/c1-2-9-4-6-12(17-9)13(16)10-5-3-8(14)7-11(10)15/h3-7,13H,2,16H2,1H3. The van der Waals surface area contributed by atoms with E-state index in [0.29, 0.717) is 0 Å². The van der Waals surface area contributed by atoms with Crippen molar-refractivity contribution in [3.05, 3.63) is 54.6 Å². The number of halogens is 2. The molecule has 4 heteroatoms. The van der Waals surface area contributed by atoms with E-state index in [0.717, 1.165) is 20.9 Å². The van der Waals surface area contributed by atoms with E-state index in [4.69, 9.17) is 5.73 Å². The normalized spacial score (nSPS) is 12.7. The first-order valence-corrected chi connectivity index (χ1v) is 7.81. The molecule has 1 unspecified atom stereocenters. The van der Waals surface area contributed by atoms with Gasteiger partial charge in [0.05, 0.1) is 6.04 Å². The molecule has 0 fully saturated rings. The monoisotopic (exact) mass is 373 g/mol. The molecule has 90 valence electrons. The van der Waals surface area contributed by atoms with Crippen molar-refractivity contribution in [3.8, 4) is 0 Å². The lowest BCUT2D eigenvalue weighted by molar-refractivity contribution is 0.887. The summed E-state index contributed by atoms with van der Waals surface area (Å²) in [7, 11) is 0. The smallest absolute Gasteiger partial charge is 0.0657 e. The van der Waals surface area contributed by atoms with Crippen LogP contribution in [0.1, 0.15) is 28.3 Å². The van der Waals surface area contributed by atoms with Gasteiger partial charge in [0.2, 0.25) is 0 Å². The number of nitrogens with two attached hydrogens (primary N) is 1. The zero-order valence-corrected chi connectivity index (χ0v) is 13.4. The minimum atomic E-state index is -0.0530. The van der Waals surface area contributed by atoms with Crippen LogP contribution >= 0.6 is 43.2 Å². The Bertz CT molecular complexity index is 522. The molecule has 1 nitrogen and oxygen atoms in total. The van der Waals surface area contributed by atoms with Crippen molar-refractivity contribution in [2.45, 2.75) is 19.4 Å². The van der Waals surface area contributed by atoms with Crippen LogP contribution in [-0.2, 0) is 6.42 Å². The molecule has 0 saturated carbocycles. The third-order valence-corrected chi connectivity index (χ3v) is 5.13. The van der Waals surface area contributed by atoms with E-state index in [-0.39, 0.29) is 6.04 Å². The second-order valence-corrected chi connectivity index (χ2v) is 6.77. The summed E-state index contributed by atoms with van der Waals surface area (Å²) in [6.45, 7) is 2.16. The minimum Gasteiger partial charge on any atom is -0.320 e. The van der Waals surface area contributed by atoms with E-state index >= 15 is 0 Å². The second kappa shape index (κ2) is 5.65. The lowest BCUT2D eigenvalue weighted by atomic mass is 10.1. The van der Waals surface area contributed by atoms with Crippen LogP contribution in [0.5, 0.6) is 0 Å². The lowest BCUT2D eigenvalue weighted by Crippen LogP contribution is -2.10. The van der Waals surface area contributed by atoms with Crippen LogP contribution < -0.4 is 5.73 Å². The highest BCUT2D eigenvalue weighted by Gasteiger charge is 2.14. The van der Waals surface area contributed by atoms with E-state index in [1.54, 1.807) is 11.3 Å². The number of aryl methyl sites for hydroxylation is 1. The number of thiophene rings is 1. The molecule has 2 N–H and O–H groups in total. The summed E-state index contributed by atoms with van der Waals surface area (Å²) in [5.41, 5.74) is 7.42. The van der Waals surface area contributed by atoms with Gasteiger partial charge in [-0.3, -0.25) is 0 Å². The molecule has 0 aliphatic rings. The van der Waals surface area contributed by atoms with Crippen LogP contribution in [0.4, 0.5) is 0 Å². The predicted molar refractivity (Wildman–Crippen MR) is 81.6 cm³/mol. The summed E-state index contributed by atoms with van der Waals surface area (Å²) in [5, 5.41) is 0. The van der Waals surface area contributed by atoms with Crippen LogP contribution in [0.3, 0.4) is 0 Å². The Labute approximate surface area is 122 Å². The lowest BCUT2D eigenvalue weighted by Gasteiger charge is -2.12. The predicted octanol–water partition coefficient (Wildman–Crippen LogP) is 4.88. The van der Waals surface area contributed by atoms with Gasteiger partial charge < -0.3 is 5.73 Å².